The molecule has 3 N–H and O–H groups in total. The predicted molar refractivity (Wildman–Crippen MR) is 124 cm³/mol. The molecule has 3 aliphatic heterocycles. The molecule has 3 amide bonds. The Morgan fingerprint density at radius 2 is 2.06 bits per heavy atom. The van der Waals surface area contributed by atoms with Crippen LogP contribution in [0.2, 0.25) is 0 Å². The fourth-order valence-electron chi connectivity index (χ4n) is 4.60. The molecule has 11 heteroatoms. The second-order valence-electron chi connectivity index (χ2n) is 8.75. The van der Waals surface area contributed by atoms with Gasteiger partial charge in [0.1, 0.15) is 18.7 Å². The molecule has 5 rings (SSSR count). The van der Waals surface area contributed by atoms with Gasteiger partial charge in [-0.1, -0.05) is 12.1 Å². The highest BCUT2D eigenvalue weighted by Gasteiger charge is 2.39. The van der Waals surface area contributed by atoms with Crippen molar-refractivity contribution in [2.45, 2.75) is 38.3 Å². The first-order valence-electron chi connectivity index (χ1n) is 11.6. The molecule has 1 aromatic carbocycles. The number of hydrogen-bond donors (Lipinski definition) is 3. The number of nitrogens with one attached hydrogen (secondary N) is 2. The van der Waals surface area contributed by atoms with Gasteiger partial charge in [-0.05, 0) is 35.7 Å². The van der Waals surface area contributed by atoms with E-state index in [9.17, 15) is 19.5 Å². The molecule has 3 aliphatic rings. The van der Waals surface area contributed by atoms with E-state index in [-0.39, 0.29) is 24.8 Å². The molecule has 184 valence electrons. The minimum absolute atomic E-state index is 0.0174. The van der Waals surface area contributed by atoms with Crippen molar-refractivity contribution in [1.29, 1.82) is 0 Å². The molecular weight excluding hydrogens is 454 g/mol. The van der Waals surface area contributed by atoms with Gasteiger partial charge in [0.25, 0.3) is 0 Å². The second-order valence-corrected chi connectivity index (χ2v) is 8.75. The molecule has 0 spiro atoms. The van der Waals surface area contributed by atoms with E-state index in [0.29, 0.717) is 43.0 Å². The van der Waals surface area contributed by atoms with Gasteiger partial charge in [0.2, 0.25) is 11.8 Å². The molecule has 0 bridgehead atoms. The molecule has 2 fully saturated rings. The first-order chi connectivity index (χ1) is 17.0. The van der Waals surface area contributed by atoms with E-state index in [2.05, 4.69) is 20.5 Å². The maximum Gasteiger partial charge on any atom is 0.412 e. The van der Waals surface area contributed by atoms with Gasteiger partial charge in [-0.3, -0.25) is 25.1 Å². The number of pyridine rings is 1. The van der Waals surface area contributed by atoms with E-state index in [1.807, 2.05) is 18.2 Å². The third kappa shape index (κ3) is 5.11. The van der Waals surface area contributed by atoms with Gasteiger partial charge < -0.3 is 19.5 Å². The van der Waals surface area contributed by atoms with Crippen LogP contribution in [0.25, 0.3) is 0 Å². The van der Waals surface area contributed by atoms with Crippen molar-refractivity contribution < 1.29 is 29.0 Å². The summed E-state index contributed by atoms with van der Waals surface area (Å²) in [6.07, 6.45) is 0.612. The summed E-state index contributed by atoms with van der Waals surface area (Å²) in [5, 5.41) is 15.8. The third-order valence-corrected chi connectivity index (χ3v) is 6.47. The molecule has 2 aromatic rings. The van der Waals surface area contributed by atoms with E-state index >= 15 is 0 Å². The third-order valence-electron chi connectivity index (χ3n) is 6.47. The van der Waals surface area contributed by atoms with Crippen LogP contribution in [0, 0.1) is 0 Å². The van der Waals surface area contributed by atoms with E-state index in [4.69, 9.17) is 9.47 Å². The van der Waals surface area contributed by atoms with Gasteiger partial charge in [-0.25, -0.2) is 9.78 Å². The van der Waals surface area contributed by atoms with Crippen molar-refractivity contribution in [3.05, 3.63) is 53.2 Å². The number of morpholine rings is 1. The van der Waals surface area contributed by atoms with E-state index in [1.165, 1.54) is 0 Å². The van der Waals surface area contributed by atoms with Crippen molar-refractivity contribution >= 4 is 29.4 Å². The summed E-state index contributed by atoms with van der Waals surface area (Å²) in [5.74, 6) is 0.148. The fourth-order valence-corrected chi connectivity index (χ4v) is 4.60. The number of piperidine rings is 1. The molecule has 2 atom stereocenters. The Morgan fingerprint density at radius 3 is 2.80 bits per heavy atom. The van der Waals surface area contributed by atoms with Crippen molar-refractivity contribution in [1.82, 2.24) is 15.2 Å². The van der Waals surface area contributed by atoms with Crippen LogP contribution in [0.15, 0.2) is 36.5 Å². The Balaban J connectivity index is 1.15. The number of benzene rings is 1. The standard InChI is InChI=1S/C24H27N5O6/c30-21-6-4-19(22(31)27-21)29-13-16-2-1-15(11-18(16)23(29)32)14-35-24(33)26-17-3-5-20(25-12-17)28-7-9-34-10-8-28/h1-3,5,11-12,19,23,32H,4,6-10,13-14H2,(H,26,33)(H,27,30,31). The first kappa shape index (κ1) is 23.2. The summed E-state index contributed by atoms with van der Waals surface area (Å²) in [4.78, 5) is 44.1. The van der Waals surface area contributed by atoms with Crippen LogP contribution in [0.5, 0.6) is 0 Å². The highest BCUT2D eigenvalue weighted by Crippen LogP contribution is 2.35. The number of anilines is 2. The number of imide groups is 1. The smallest absolute Gasteiger partial charge is 0.412 e. The molecule has 1 aromatic heterocycles. The zero-order valence-corrected chi connectivity index (χ0v) is 19.1. The van der Waals surface area contributed by atoms with Crippen molar-refractivity contribution in [3.63, 3.8) is 0 Å². The molecule has 0 saturated carbocycles. The number of carbonyl (C=O) groups excluding carboxylic acids is 3. The maximum atomic E-state index is 12.3. The van der Waals surface area contributed by atoms with Crippen LogP contribution in [0.3, 0.4) is 0 Å². The summed E-state index contributed by atoms with van der Waals surface area (Å²) in [5.41, 5.74) is 2.79. The Bertz CT molecular complexity index is 1120. The van der Waals surface area contributed by atoms with Crippen LogP contribution in [-0.4, -0.2) is 65.2 Å². The summed E-state index contributed by atoms with van der Waals surface area (Å²) in [6.45, 7) is 3.32. The molecule has 2 unspecified atom stereocenters. The van der Waals surface area contributed by atoms with Crippen LogP contribution < -0.4 is 15.5 Å². The quantitative estimate of drug-likeness (QED) is 0.540. The second kappa shape index (κ2) is 9.98. The number of aliphatic hydroxyl groups excluding tert-OH is 1. The Labute approximate surface area is 202 Å². The van der Waals surface area contributed by atoms with Gasteiger partial charge in [0, 0.05) is 31.6 Å². The highest BCUT2D eigenvalue weighted by atomic mass is 16.5. The van der Waals surface area contributed by atoms with Crippen LogP contribution in [0.4, 0.5) is 16.3 Å². The van der Waals surface area contributed by atoms with Crippen LogP contribution in [0.1, 0.15) is 35.8 Å². The average molecular weight is 482 g/mol. The largest absolute Gasteiger partial charge is 0.444 e. The topological polar surface area (TPSA) is 133 Å². The number of aromatic nitrogens is 1. The molecule has 35 heavy (non-hydrogen) atoms. The SMILES string of the molecule is O=C1CCC(N2Cc3ccc(COC(=O)Nc4ccc(N5CCOCC5)nc4)cc3C2O)C(=O)N1. The number of carbonyl (C=O) groups is 3. The number of rotatable bonds is 5. The van der Waals surface area contributed by atoms with Crippen LogP contribution in [-0.2, 0) is 32.2 Å². The van der Waals surface area contributed by atoms with Crippen molar-refractivity contribution in [3.8, 4) is 0 Å². The summed E-state index contributed by atoms with van der Waals surface area (Å²) in [6, 6.07) is 8.51. The molecule has 11 nitrogen and oxygen atoms in total. The summed E-state index contributed by atoms with van der Waals surface area (Å²) >= 11 is 0. The number of aliphatic hydroxyl groups is 1. The lowest BCUT2D eigenvalue weighted by molar-refractivity contribution is -0.141. The highest BCUT2D eigenvalue weighted by molar-refractivity contribution is 6.00. The normalized spacial score (nSPS) is 22.5. The predicted octanol–water partition coefficient (Wildman–Crippen LogP) is 1.28. The lowest BCUT2D eigenvalue weighted by atomic mass is 10.0. The minimum atomic E-state index is -0.973. The Hall–Kier alpha value is -3.54. The maximum absolute atomic E-state index is 12.3. The molecule has 2 saturated heterocycles. The van der Waals surface area contributed by atoms with Gasteiger partial charge in [0.15, 0.2) is 0 Å². The van der Waals surface area contributed by atoms with E-state index in [0.717, 1.165) is 24.5 Å². The number of amides is 3. The molecule has 0 radical (unpaired) electrons. The number of fused-ring (bicyclic) bond motifs is 1. The van der Waals surface area contributed by atoms with Crippen LogP contribution >= 0.6 is 0 Å². The minimum Gasteiger partial charge on any atom is -0.444 e. The van der Waals surface area contributed by atoms with Crippen molar-refractivity contribution in [2.24, 2.45) is 0 Å². The molecule has 4 heterocycles. The van der Waals surface area contributed by atoms with E-state index < -0.39 is 18.4 Å². The number of hydrogen-bond acceptors (Lipinski definition) is 9. The summed E-state index contributed by atoms with van der Waals surface area (Å²) < 4.78 is 10.7. The van der Waals surface area contributed by atoms with E-state index in [1.54, 1.807) is 23.2 Å². The van der Waals surface area contributed by atoms with Crippen molar-refractivity contribution in [2.75, 3.05) is 36.5 Å². The molecule has 0 aliphatic carbocycles. The number of ether oxygens (including phenoxy) is 2. The van der Waals surface area contributed by atoms with Gasteiger partial charge in [-0.2, -0.15) is 0 Å². The fraction of sp³-hybridized carbons (Fsp3) is 0.417. The Kier molecular flexibility index (Phi) is 6.62. The zero-order chi connectivity index (χ0) is 24.4. The van der Waals surface area contributed by atoms with Gasteiger partial charge in [-0.15, -0.1) is 0 Å². The lowest BCUT2D eigenvalue weighted by Crippen LogP contribution is -2.51. The molecular formula is C24H27N5O6. The van der Waals surface area contributed by atoms with Gasteiger partial charge >= 0.3 is 6.09 Å². The zero-order valence-electron chi connectivity index (χ0n) is 19.1. The summed E-state index contributed by atoms with van der Waals surface area (Å²) in [7, 11) is 0. The first-order valence-corrected chi connectivity index (χ1v) is 11.6. The van der Waals surface area contributed by atoms with Gasteiger partial charge in [0.05, 0.1) is 31.1 Å². The average Bonchev–Trinajstić information content (AvgIpc) is 3.19. The lowest BCUT2D eigenvalue weighted by Gasteiger charge is -2.31. The monoisotopic (exact) mass is 481 g/mol. The Morgan fingerprint density at radius 1 is 1.23 bits per heavy atom. The number of nitrogens with zero attached hydrogens (tertiary/aromatic N) is 3.